The Labute approximate surface area is 190 Å². The van der Waals surface area contributed by atoms with Gasteiger partial charge in [0, 0.05) is 17.8 Å². The van der Waals surface area contributed by atoms with E-state index in [1.807, 2.05) is 6.07 Å². The molecule has 0 saturated heterocycles. The maximum Gasteiger partial charge on any atom is 0.343 e. The molecule has 0 heterocycles. The molecule has 0 aromatic heterocycles. The first kappa shape index (κ1) is 21.6. The van der Waals surface area contributed by atoms with Gasteiger partial charge in [-0.1, -0.05) is 48.5 Å². The molecule has 4 aromatic carbocycles. The van der Waals surface area contributed by atoms with Gasteiger partial charge in [0.25, 0.3) is 0 Å². The summed E-state index contributed by atoms with van der Waals surface area (Å²) < 4.78 is 10.7. The van der Waals surface area contributed by atoms with Gasteiger partial charge in [-0.05, 0) is 48.5 Å². The maximum atomic E-state index is 12.6. The van der Waals surface area contributed by atoms with Crippen LogP contribution in [-0.4, -0.2) is 11.9 Å². The zero-order valence-electron chi connectivity index (χ0n) is 17.4. The van der Waals surface area contributed by atoms with Crippen LogP contribution in [0.5, 0.6) is 11.5 Å². The Morgan fingerprint density at radius 3 is 1.73 bits per heavy atom. The fourth-order valence-electron chi connectivity index (χ4n) is 2.96. The third-order valence-corrected chi connectivity index (χ3v) is 4.56. The topological polar surface area (TPSA) is 90.9 Å². The Bertz CT molecular complexity index is 1250. The quantitative estimate of drug-likeness (QED) is 0.232. The zero-order chi connectivity index (χ0) is 23.0. The Morgan fingerprint density at radius 2 is 1.15 bits per heavy atom. The number of ether oxygens (including phenoxy) is 2. The second-order valence-corrected chi connectivity index (χ2v) is 6.94. The number of nitrogens with one attached hydrogen (secondary N) is 1. The summed E-state index contributed by atoms with van der Waals surface area (Å²) >= 11 is 0. The maximum absolute atomic E-state index is 12.6. The summed E-state index contributed by atoms with van der Waals surface area (Å²) in [5.74, 6) is -0.506. The van der Waals surface area contributed by atoms with Crippen LogP contribution < -0.4 is 20.1 Å². The second-order valence-electron chi connectivity index (χ2n) is 6.94. The van der Waals surface area contributed by atoms with E-state index in [9.17, 15) is 14.8 Å². The average molecular weight is 439 g/mol. The van der Waals surface area contributed by atoms with Crippen LogP contribution >= 0.6 is 0 Å². The first-order valence-electron chi connectivity index (χ1n) is 10.1. The third-order valence-electron chi connectivity index (χ3n) is 4.56. The van der Waals surface area contributed by atoms with Crippen molar-refractivity contribution >= 4 is 23.3 Å². The molecule has 4 rings (SSSR count). The summed E-state index contributed by atoms with van der Waals surface area (Å²) in [6.07, 6.45) is 0. The largest absolute Gasteiger partial charge is 0.739 e. The minimum absolute atomic E-state index is 0.222. The minimum atomic E-state index is -0.522. The van der Waals surface area contributed by atoms with Gasteiger partial charge in [0.2, 0.25) is 0 Å². The van der Waals surface area contributed by atoms with Gasteiger partial charge in [-0.25, -0.2) is 9.59 Å². The van der Waals surface area contributed by atoms with Crippen molar-refractivity contribution in [2.45, 2.75) is 0 Å². The van der Waals surface area contributed by atoms with E-state index in [1.54, 1.807) is 91.0 Å². The molecule has 164 valence electrons. The molecule has 0 radical (unpaired) electrons. The van der Waals surface area contributed by atoms with E-state index in [2.05, 4.69) is 5.43 Å². The number of rotatable bonds is 7. The van der Waals surface area contributed by atoms with Crippen molar-refractivity contribution in [3.8, 4) is 11.5 Å². The minimum Gasteiger partial charge on any atom is -0.739 e. The highest BCUT2D eigenvalue weighted by Crippen LogP contribution is 2.24. The van der Waals surface area contributed by atoms with E-state index >= 15 is 0 Å². The van der Waals surface area contributed by atoms with E-state index in [-0.39, 0.29) is 17.2 Å². The van der Waals surface area contributed by atoms with Crippen molar-refractivity contribution in [2.75, 3.05) is 10.6 Å². The van der Waals surface area contributed by atoms with Crippen molar-refractivity contribution in [3.63, 3.8) is 0 Å². The lowest BCUT2D eigenvalue weighted by atomic mass is 10.2. The van der Waals surface area contributed by atoms with Crippen molar-refractivity contribution in [1.29, 1.82) is 0 Å². The number of hydrogen-bond donors (Lipinski definition) is 1. The van der Waals surface area contributed by atoms with Crippen LogP contribution in [0.3, 0.4) is 0 Å². The number of benzene rings is 4. The van der Waals surface area contributed by atoms with E-state index in [1.165, 1.54) is 12.1 Å². The summed E-state index contributed by atoms with van der Waals surface area (Å²) in [5, 5.41) is 13.2. The fourth-order valence-corrected chi connectivity index (χ4v) is 2.96. The molecule has 7 heteroatoms. The molecule has 0 saturated carbocycles. The highest BCUT2D eigenvalue weighted by molar-refractivity contribution is 5.91. The standard InChI is InChI=1S/C26H19N2O5/c29-25(19-9-3-1-4-10-19)32-23-15-7-13-21(17-23)27-28(31)22-14-8-16-24(18-22)33-26(30)20-11-5-2-6-12-20/h1-18,27H/q-1. The van der Waals surface area contributed by atoms with Crippen LogP contribution in [0.1, 0.15) is 20.7 Å². The van der Waals surface area contributed by atoms with E-state index in [4.69, 9.17) is 9.47 Å². The Hall–Kier alpha value is -4.62. The zero-order valence-corrected chi connectivity index (χ0v) is 17.4. The Morgan fingerprint density at radius 1 is 0.636 bits per heavy atom. The molecule has 0 aliphatic carbocycles. The first-order chi connectivity index (χ1) is 16.1. The SMILES string of the molecule is O=C(Oc1cccc(NN([O-])c2cccc(OC(=O)c3ccccc3)c2)c1)c1ccccc1. The molecule has 0 atom stereocenters. The third kappa shape index (κ3) is 5.75. The van der Waals surface area contributed by atoms with Crippen molar-refractivity contribution in [2.24, 2.45) is 0 Å². The summed E-state index contributed by atoms with van der Waals surface area (Å²) in [6, 6.07) is 29.8. The van der Waals surface area contributed by atoms with Crippen LogP contribution in [0.25, 0.3) is 0 Å². The lowest BCUT2D eigenvalue weighted by molar-refractivity contribution is 0.0725. The highest BCUT2D eigenvalue weighted by atomic mass is 16.5. The first-order valence-corrected chi connectivity index (χ1v) is 10.1. The molecule has 7 nitrogen and oxygen atoms in total. The summed E-state index contributed by atoms with van der Waals surface area (Å²) in [6.45, 7) is 0. The smallest absolute Gasteiger partial charge is 0.343 e. The molecule has 1 N–H and O–H groups in total. The van der Waals surface area contributed by atoms with Gasteiger partial charge in [-0.15, -0.1) is 0 Å². The van der Waals surface area contributed by atoms with E-state index in [0.717, 1.165) is 0 Å². The van der Waals surface area contributed by atoms with E-state index in [0.29, 0.717) is 22.0 Å². The highest BCUT2D eigenvalue weighted by Gasteiger charge is 2.10. The lowest BCUT2D eigenvalue weighted by Crippen LogP contribution is -2.22. The van der Waals surface area contributed by atoms with Gasteiger partial charge in [0.1, 0.15) is 11.5 Å². The van der Waals surface area contributed by atoms with Gasteiger partial charge in [0.15, 0.2) is 0 Å². The molecule has 0 unspecified atom stereocenters. The summed E-state index contributed by atoms with van der Waals surface area (Å²) in [7, 11) is 0. The number of carbonyl (C=O) groups excluding carboxylic acids is 2. The van der Waals surface area contributed by atoms with Gasteiger partial charge >= 0.3 is 11.9 Å². The lowest BCUT2D eigenvalue weighted by Gasteiger charge is -2.32. The van der Waals surface area contributed by atoms with Crippen molar-refractivity contribution < 1.29 is 19.1 Å². The fraction of sp³-hybridized carbons (Fsp3) is 0. The monoisotopic (exact) mass is 439 g/mol. The van der Waals surface area contributed by atoms with Gasteiger partial charge in [-0.2, -0.15) is 0 Å². The molecule has 0 spiro atoms. The summed E-state index contributed by atoms with van der Waals surface area (Å²) in [5.41, 5.74) is 4.13. The van der Waals surface area contributed by atoms with Gasteiger partial charge < -0.3 is 25.3 Å². The van der Waals surface area contributed by atoms with Crippen molar-refractivity contribution in [1.82, 2.24) is 0 Å². The van der Waals surface area contributed by atoms with Crippen LogP contribution in [0.2, 0.25) is 0 Å². The predicted molar refractivity (Wildman–Crippen MR) is 125 cm³/mol. The molecule has 0 aliphatic rings. The molecule has 0 bridgehead atoms. The molecular weight excluding hydrogens is 420 g/mol. The van der Waals surface area contributed by atoms with Crippen LogP contribution in [0.4, 0.5) is 11.4 Å². The van der Waals surface area contributed by atoms with Crippen LogP contribution in [-0.2, 0) is 0 Å². The number of nitrogens with zero attached hydrogens (tertiary/aromatic N) is 1. The molecular formula is C26H19N2O5-. The molecule has 4 aromatic rings. The number of hydrogen-bond acceptors (Lipinski definition) is 7. The van der Waals surface area contributed by atoms with E-state index < -0.39 is 11.9 Å². The number of hydrazine groups is 1. The Kier molecular flexibility index (Phi) is 6.63. The second kappa shape index (κ2) is 10.1. The molecule has 0 aliphatic heterocycles. The summed E-state index contributed by atoms with van der Waals surface area (Å²) in [4.78, 5) is 24.5. The number of anilines is 2. The predicted octanol–water partition coefficient (Wildman–Crippen LogP) is 5.46. The number of carbonyl (C=O) groups is 2. The van der Waals surface area contributed by atoms with Crippen LogP contribution in [0, 0.1) is 5.21 Å². The molecule has 0 amide bonds. The van der Waals surface area contributed by atoms with Gasteiger partial charge in [-0.3, -0.25) is 0 Å². The molecule has 0 fully saturated rings. The number of esters is 2. The normalized spacial score (nSPS) is 10.2. The van der Waals surface area contributed by atoms with Crippen LogP contribution in [0.15, 0.2) is 109 Å². The average Bonchev–Trinajstić information content (AvgIpc) is 2.85. The molecule has 33 heavy (non-hydrogen) atoms. The van der Waals surface area contributed by atoms with Crippen molar-refractivity contribution in [3.05, 3.63) is 126 Å². The van der Waals surface area contributed by atoms with Gasteiger partial charge in [0.05, 0.1) is 16.8 Å². The Balaban J connectivity index is 1.41.